The van der Waals surface area contributed by atoms with Crippen molar-refractivity contribution in [1.82, 2.24) is 10.3 Å². The summed E-state index contributed by atoms with van der Waals surface area (Å²) in [5.41, 5.74) is 0.928. The van der Waals surface area contributed by atoms with Crippen molar-refractivity contribution < 1.29 is 4.74 Å². The van der Waals surface area contributed by atoms with Gasteiger partial charge in [-0.25, -0.2) is 4.98 Å². The number of benzene rings is 1. The van der Waals surface area contributed by atoms with Crippen molar-refractivity contribution in [2.24, 2.45) is 0 Å². The first-order valence-corrected chi connectivity index (χ1v) is 7.11. The lowest BCUT2D eigenvalue weighted by Gasteiger charge is -2.15. The molecular weight excluding hydrogens is 319 g/mol. The van der Waals surface area contributed by atoms with Gasteiger partial charge in [0.2, 0.25) is 5.88 Å². The fraction of sp³-hybridized carbons (Fsp3) is 0.214. The van der Waals surface area contributed by atoms with E-state index < -0.39 is 0 Å². The molecule has 0 saturated heterocycles. The average Bonchev–Trinajstić information content (AvgIpc) is 2.44. The molecule has 1 aromatic heterocycles. The van der Waals surface area contributed by atoms with Crippen LogP contribution in [0, 0.1) is 0 Å². The molecular formula is C14H13Cl3N2O. The maximum Gasteiger partial charge on any atom is 0.224 e. The van der Waals surface area contributed by atoms with E-state index in [9.17, 15) is 0 Å². The first-order valence-electron chi connectivity index (χ1n) is 5.97. The van der Waals surface area contributed by atoms with Crippen molar-refractivity contribution in [3.8, 4) is 11.6 Å². The van der Waals surface area contributed by atoms with Crippen molar-refractivity contribution in [2.75, 3.05) is 7.05 Å². The Morgan fingerprint density at radius 1 is 1.15 bits per heavy atom. The number of nitrogens with zero attached hydrogens (tertiary/aromatic N) is 1. The average molecular weight is 332 g/mol. The number of halogens is 3. The molecule has 1 N–H and O–H groups in total. The zero-order valence-electron chi connectivity index (χ0n) is 11.0. The normalized spacial score (nSPS) is 12.2. The lowest BCUT2D eigenvalue weighted by Crippen LogP contribution is -2.13. The molecule has 106 valence electrons. The van der Waals surface area contributed by atoms with Crippen LogP contribution >= 0.6 is 34.8 Å². The Balaban J connectivity index is 2.38. The van der Waals surface area contributed by atoms with Crippen molar-refractivity contribution in [3.05, 3.63) is 51.1 Å². The summed E-state index contributed by atoms with van der Waals surface area (Å²) in [6.07, 6.45) is 1.66. The Morgan fingerprint density at radius 3 is 2.55 bits per heavy atom. The second-order valence-corrected chi connectivity index (χ2v) is 5.43. The van der Waals surface area contributed by atoms with E-state index in [1.807, 2.05) is 26.1 Å². The Labute approximate surface area is 132 Å². The standard InChI is InChI=1S/C14H13Cl3N2O/c1-8(18-2)9-4-3-5-19-14(9)20-13-7-11(16)10(15)6-12(13)17/h3-8,18H,1-2H3. The smallest absolute Gasteiger partial charge is 0.224 e. The summed E-state index contributed by atoms with van der Waals surface area (Å²) < 4.78 is 5.77. The van der Waals surface area contributed by atoms with Crippen LogP contribution in [0.15, 0.2) is 30.5 Å². The largest absolute Gasteiger partial charge is 0.437 e. The molecule has 0 aliphatic heterocycles. The molecule has 0 bridgehead atoms. The first kappa shape index (κ1) is 15.4. The highest BCUT2D eigenvalue weighted by Crippen LogP contribution is 2.37. The van der Waals surface area contributed by atoms with Gasteiger partial charge in [-0.05, 0) is 26.1 Å². The van der Waals surface area contributed by atoms with Gasteiger partial charge in [0, 0.05) is 23.9 Å². The molecule has 0 radical (unpaired) electrons. The maximum atomic E-state index is 6.11. The lowest BCUT2D eigenvalue weighted by atomic mass is 10.1. The SMILES string of the molecule is CNC(C)c1cccnc1Oc1cc(Cl)c(Cl)cc1Cl. The van der Waals surface area contributed by atoms with Crippen LogP contribution in [0.2, 0.25) is 15.1 Å². The minimum atomic E-state index is 0.0975. The van der Waals surface area contributed by atoms with Crippen LogP contribution in [-0.2, 0) is 0 Å². The number of hydrogen-bond donors (Lipinski definition) is 1. The molecule has 1 heterocycles. The van der Waals surface area contributed by atoms with Crippen molar-refractivity contribution >= 4 is 34.8 Å². The van der Waals surface area contributed by atoms with E-state index in [0.29, 0.717) is 26.7 Å². The zero-order chi connectivity index (χ0) is 14.7. The molecule has 0 saturated carbocycles. The number of aromatic nitrogens is 1. The fourth-order valence-electron chi connectivity index (χ4n) is 1.66. The number of pyridine rings is 1. The van der Waals surface area contributed by atoms with Crippen LogP contribution in [0.1, 0.15) is 18.5 Å². The third-order valence-corrected chi connectivity index (χ3v) is 3.90. The topological polar surface area (TPSA) is 34.2 Å². The van der Waals surface area contributed by atoms with Crippen LogP contribution in [0.5, 0.6) is 11.6 Å². The third kappa shape index (κ3) is 3.36. The van der Waals surface area contributed by atoms with E-state index in [2.05, 4.69) is 10.3 Å². The van der Waals surface area contributed by atoms with E-state index in [0.717, 1.165) is 5.56 Å². The van der Waals surface area contributed by atoms with Crippen LogP contribution in [0.4, 0.5) is 0 Å². The van der Waals surface area contributed by atoms with E-state index in [1.165, 1.54) is 0 Å². The van der Waals surface area contributed by atoms with Gasteiger partial charge in [0.1, 0.15) is 5.75 Å². The lowest BCUT2D eigenvalue weighted by molar-refractivity contribution is 0.447. The van der Waals surface area contributed by atoms with Crippen LogP contribution in [-0.4, -0.2) is 12.0 Å². The summed E-state index contributed by atoms with van der Waals surface area (Å²) in [6, 6.07) is 7.02. The summed E-state index contributed by atoms with van der Waals surface area (Å²) in [6.45, 7) is 2.01. The highest BCUT2D eigenvalue weighted by molar-refractivity contribution is 6.43. The summed E-state index contributed by atoms with van der Waals surface area (Å²) in [7, 11) is 1.87. The van der Waals surface area contributed by atoms with Crippen LogP contribution in [0.25, 0.3) is 0 Å². The number of rotatable bonds is 4. The maximum absolute atomic E-state index is 6.11. The molecule has 2 rings (SSSR count). The fourth-order valence-corrected chi connectivity index (χ4v) is 2.24. The Bertz CT molecular complexity index is 619. The quantitative estimate of drug-likeness (QED) is 0.790. The highest BCUT2D eigenvalue weighted by atomic mass is 35.5. The van der Waals surface area contributed by atoms with Crippen molar-refractivity contribution in [2.45, 2.75) is 13.0 Å². The molecule has 0 spiro atoms. The van der Waals surface area contributed by atoms with Gasteiger partial charge in [-0.1, -0.05) is 40.9 Å². The molecule has 0 fully saturated rings. The summed E-state index contributed by atoms with van der Waals surface area (Å²) in [4.78, 5) is 4.24. The Morgan fingerprint density at radius 2 is 1.85 bits per heavy atom. The number of hydrogen-bond acceptors (Lipinski definition) is 3. The summed E-state index contributed by atoms with van der Waals surface area (Å²) >= 11 is 18.0. The van der Waals surface area contributed by atoms with E-state index >= 15 is 0 Å². The highest BCUT2D eigenvalue weighted by Gasteiger charge is 2.14. The van der Waals surface area contributed by atoms with Gasteiger partial charge in [-0.3, -0.25) is 0 Å². The minimum Gasteiger partial charge on any atom is -0.437 e. The predicted molar refractivity (Wildman–Crippen MR) is 83.3 cm³/mol. The van der Waals surface area contributed by atoms with Gasteiger partial charge in [0.25, 0.3) is 0 Å². The predicted octanol–water partition coefficient (Wildman–Crippen LogP) is 5.11. The van der Waals surface area contributed by atoms with E-state index in [4.69, 9.17) is 39.5 Å². The zero-order valence-corrected chi connectivity index (χ0v) is 13.2. The van der Waals surface area contributed by atoms with Gasteiger partial charge >= 0.3 is 0 Å². The minimum absolute atomic E-state index is 0.0975. The van der Waals surface area contributed by atoms with Gasteiger partial charge in [0.05, 0.1) is 15.1 Å². The molecule has 0 amide bonds. The van der Waals surface area contributed by atoms with Gasteiger partial charge in [-0.2, -0.15) is 0 Å². The van der Waals surface area contributed by atoms with Crippen LogP contribution in [0.3, 0.4) is 0 Å². The molecule has 20 heavy (non-hydrogen) atoms. The first-order chi connectivity index (χ1) is 9.52. The summed E-state index contributed by atoms with van der Waals surface area (Å²) in [5, 5.41) is 4.29. The van der Waals surface area contributed by atoms with Crippen molar-refractivity contribution in [3.63, 3.8) is 0 Å². The van der Waals surface area contributed by atoms with Gasteiger partial charge in [0.15, 0.2) is 0 Å². The van der Waals surface area contributed by atoms with Crippen molar-refractivity contribution in [1.29, 1.82) is 0 Å². The Kier molecular flexibility index (Phi) is 5.11. The van der Waals surface area contributed by atoms with E-state index in [-0.39, 0.29) is 6.04 Å². The molecule has 3 nitrogen and oxygen atoms in total. The molecule has 1 aromatic carbocycles. The molecule has 0 aliphatic carbocycles. The third-order valence-electron chi connectivity index (χ3n) is 2.88. The molecule has 6 heteroatoms. The second-order valence-electron chi connectivity index (χ2n) is 4.21. The molecule has 1 atom stereocenters. The van der Waals surface area contributed by atoms with E-state index in [1.54, 1.807) is 18.3 Å². The number of nitrogens with one attached hydrogen (secondary N) is 1. The summed E-state index contributed by atoms with van der Waals surface area (Å²) in [5.74, 6) is 0.902. The molecule has 1 unspecified atom stereocenters. The second kappa shape index (κ2) is 6.64. The monoisotopic (exact) mass is 330 g/mol. The molecule has 0 aliphatic rings. The van der Waals surface area contributed by atoms with Gasteiger partial charge < -0.3 is 10.1 Å². The number of ether oxygens (including phenoxy) is 1. The van der Waals surface area contributed by atoms with Crippen LogP contribution < -0.4 is 10.1 Å². The van der Waals surface area contributed by atoms with Gasteiger partial charge in [-0.15, -0.1) is 0 Å². The molecule has 2 aromatic rings. The Hall–Kier alpha value is -1.000.